The molecule has 2 atom stereocenters. The molecule has 0 aromatic carbocycles. The Morgan fingerprint density at radius 1 is 1.48 bits per heavy atom. The molecule has 1 saturated heterocycles. The second-order valence-electron chi connectivity index (χ2n) is 5.43. The van der Waals surface area contributed by atoms with E-state index in [-0.39, 0.29) is 24.6 Å². The van der Waals surface area contributed by atoms with Crippen molar-refractivity contribution in [2.45, 2.75) is 45.3 Å². The summed E-state index contributed by atoms with van der Waals surface area (Å²) in [5, 5.41) is 14.2. The van der Waals surface area contributed by atoms with Gasteiger partial charge in [-0.25, -0.2) is 4.79 Å². The van der Waals surface area contributed by atoms with Crippen LogP contribution in [-0.4, -0.2) is 66.9 Å². The fourth-order valence-corrected chi connectivity index (χ4v) is 2.30. The molecule has 122 valence electrons. The zero-order valence-corrected chi connectivity index (χ0v) is 12.9. The van der Waals surface area contributed by atoms with E-state index in [9.17, 15) is 9.59 Å². The van der Waals surface area contributed by atoms with E-state index in [0.29, 0.717) is 26.0 Å². The van der Waals surface area contributed by atoms with Gasteiger partial charge >= 0.3 is 12.0 Å². The van der Waals surface area contributed by atoms with Crippen LogP contribution in [0, 0.1) is 0 Å². The van der Waals surface area contributed by atoms with Crippen LogP contribution in [0.25, 0.3) is 0 Å². The predicted molar refractivity (Wildman–Crippen MR) is 79.3 cm³/mol. The average Bonchev–Trinajstić information content (AvgIpc) is 2.45. The topological polar surface area (TPSA) is 90.9 Å². The van der Waals surface area contributed by atoms with Gasteiger partial charge in [0.25, 0.3) is 0 Å². The number of nitrogens with zero attached hydrogens (tertiary/aromatic N) is 1. The fraction of sp³-hybridized carbons (Fsp3) is 0.857. The van der Waals surface area contributed by atoms with Crippen molar-refractivity contribution in [3.63, 3.8) is 0 Å². The average molecular weight is 301 g/mol. The lowest BCUT2D eigenvalue weighted by molar-refractivity contribution is -0.137. The molecule has 0 aromatic rings. The molecule has 1 fully saturated rings. The van der Waals surface area contributed by atoms with E-state index in [2.05, 4.69) is 22.5 Å². The molecule has 0 bridgehead atoms. The minimum atomic E-state index is -0.804. The van der Waals surface area contributed by atoms with Gasteiger partial charge in [-0.1, -0.05) is 6.92 Å². The lowest BCUT2D eigenvalue weighted by Gasteiger charge is -2.32. The molecule has 0 saturated carbocycles. The van der Waals surface area contributed by atoms with Crippen molar-refractivity contribution in [2.24, 2.45) is 0 Å². The molecule has 1 aliphatic rings. The highest BCUT2D eigenvalue weighted by molar-refractivity contribution is 5.74. The highest BCUT2D eigenvalue weighted by atomic mass is 16.5. The van der Waals surface area contributed by atoms with Crippen LogP contribution in [0.3, 0.4) is 0 Å². The van der Waals surface area contributed by atoms with Crippen molar-refractivity contribution in [3.05, 3.63) is 0 Å². The number of amides is 2. The van der Waals surface area contributed by atoms with Crippen LogP contribution < -0.4 is 10.6 Å². The Balaban J connectivity index is 2.14. The monoisotopic (exact) mass is 301 g/mol. The quantitative estimate of drug-likeness (QED) is 0.612. The first kappa shape index (κ1) is 17.7. The number of rotatable bonds is 8. The first-order chi connectivity index (χ1) is 10.0. The Kier molecular flexibility index (Phi) is 8.07. The third kappa shape index (κ3) is 7.87. The number of aliphatic carboxylic acids is 1. The van der Waals surface area contributed by atoms with Crippen molar-refractivity contribution in [2.75, 3.05) is 32.8 Å². The number of carbonyl (C=O) groups is 2. The van der Waals surface area contributed by atoms with Gasteiger partial charge in [-0.05, 0) is 26.3 Å². The predicted octanol–water partition coefficient (Wildman–Crippen LogP) is 0.650. The van der Waals surface area contributed by atoms with Crippen LogP contribution in [0.15, 0.2) is 0 Å². The molecule has 0 spiro atoms. The SMILES string of the molecule is CCN1CCOC(CNC(=O)NC(C)CCCC(=O)O)C1. The first-order valence-corrected chi connectivity index (χ1v) is 7.61. The van der Waals surface area contributed by atoms with Crippen molar-refractivity contribution >= 4 is 12.0 Å². The van der Waals surface area contributed by atoms with Gasteiger partial charge in [-0.2, -0.15) is 0 Å². The summed E-state index contributed by atoms with van der Waals surface area (Å²) in [6.07, 6.45) is 1.39. The van der Waals surface area contributed by atoms with Crippen molar-refractivity contribution in [1.29, 1.82) is 0 Å². The maximum atomic E-state index is 11.7. The molecule has 2 unspecified atom stereocenters. The molecule has 0 aliphatic carbocycles. The maximum absolute atomic E-state index is 11.7. The minimum Gasteiger partial charge on any atom is -0.481 e. The number of likely N-dealkylation sites (N-methyl/N-ethyl adjacent to an activating group) is 1. The van der Waals surface area contributed by atoms with E-state index in [1.165, 1.54) is 0 Å². The number of carboxylic acid groups (broad SMARTS) is 1. The summed E-state index contributed by atoms with van der Waals surface area (Å²) >= 11 is 0. The summed E-state index contributed by atoms with van der Waals surface area (Å²) in [5.41, 5.74) is 0. The summed E-state index contributed by atoms with van der Waals surface area (Å²) in [7, 11) is 0. The molecule has 1 heterocycles. The van der Waals surface area contributed by atoms with Gasteiger partial charge in [-0.15, -0.1) is 0 Å². The van der Waals surface area contributed by atoms with Crippen LogP contribution in [0.5, 0.6) is 0 Å². The van der Waals surface area contributed by atoms with E-state index in [4.69, 9.17) is 9.84 Å². The zero-order valence-electron chi connectivity index (χ0n) is 12.9. The number of urea groups is 1. The third-order valence-corrected chi connectivity index (χ3v) is 3.57. The van der Waals surface area contributed by atoms with Crippen molar-refractivity contribution in [1.82, 2.24) is 15.5 Å². The number of carboxylic acids is 1. The minimum absolute atomic E-state index is 0.0340. The number of morpholine rings is 1. The molecule has 2 amide bonds. The zero-order chi connectivity index (χ0) is 15.7. The molecule has 21 heavy (non-hydrogen) atoms. The van der Waals surface area contributed by atoms with Crippen LogP contribution >= 0.6 is 0 Å². The van der Waals surface area contributed by atoms with E-state index < -0.39 is 5.97 Å². The van der Waals surface area contributed by atoms with Crippen molar-refractivity contribution < 1.29 is 19.4 Å². The summed E-state index contributed by atoms with van der Waals surface area (Å²) in [6.45, 7) is 7.95. The number of hydrogen-bond donors (Lipinski definition) is 3. The maximum Gasteiger partial charge on any atom is 0.315 e. The molecular formula is C14H27N3O4. The van der Waals surface area contributed by atoms with Gasteiger partial charge in [0, 0.05) is 32.1 Å². The number of hydrogen-bond acceptors (Lipinski definition) is 4. The summed E-state index contributed by atoms with van der Waals surface area (Å²) in [4.78, 5) is 24.4. The first-order valence-electron chi connectivity index (χ1n) is 7.61. The standard InChI is InChI=1S/C14H27N3O4/c1-3-17-7-8-21-12(10-17)9-15-14(20)16-11(2)5-4-6-13(18)19/h11-12H,3-10H2,1-2H3,(H,18,19)(H2,15,16,20). The Labute approximate surface area is 126 Å². The Morgan fingerprint density at radius 3 is 2.90 bits per heavy atom. The Hall–Kier alpha value is -1.34. The molecule has 7 heteroatoms. The number of ether oxygens (including phenoxy) is 1. The molecule has 7 nitrogen and oxygen atoms in total. The smallest absolute Gasteiger partial charge is 0.315 e. The second kappa shape index (κ2) is 9.57. The van der Waals surface area contributed by atoms with Gasteiger partial charge in [0.1, 0.15) is 0 Å². The van der Waals surface area contributed by atoms with Crippen molar-refractivity contribution in [3.8, 4) is 0 Å². The van der Waals surface area contributed by atoms with E-state index in [1.54, 1.807) is 0 Å². The highest BCUT2D eigenvalue weighted by Gasteiger charge is 2.19. The van der Waals surface area contributed by atoms with Crippen LogP contribution in [0.2, 0.25) is 0 Å². The second-order valence-corrected chi connectivity index (χ2v) is 5.43. The van der Waals surface area contributed by atoms with Gasteiger partial charge in [0.15, 0.2) is 0 Å². The van der Waals surface area contributed by atoms with Gasteiger partial charge in [0.05, 0.1) is 12.7 Å². The van der Waals surface area contributed by atoms with E-state index >= 15 is 0 Å². The molecule has 1 aliphatic heterocycles. The lowest BCUT2D eigenvalue weighted by atomic mass is 10.1. The summed E-state index contributed by atoms with van der Waals surface area (Å²) < 4.78 is 5.61. The number of nitrogens with one attached hydrogen (secondary N) is 2. The number of carbonyl (C=O) groups excluding carboxylic acids is 1. The summed E-state index contributed by atoms with van der Waals surface area (Å²) in [5.74, 6) is -0.804. The van der Waals surface area contributed by atoms with Crippen LogP contribution in [-0.2, 0) is 9.53 Å². The third-order valence-electron chi connectivity index (χ3n) is 3.57. The largest absolute Gasteiger partial charge is 0.481 e. The fourth-order valence-electron chi connectivity index (χ4n) is 2.30. The normalized spacial score (nSPS) is 20.8. The van der Waals surface area contributed by atoms with Crippen LogP contribution in [0.4, 0.5) is 4.79 Å². The molecule has 0 aromatic heterocycles. The highest BCUT2D eigenvalue weighted by Crippen LogP contribution is 2.04. The molecule has 0 radical (unpaired) electrons. The molecular weight excluding hydrogens is 274 g/mol. The van der Waals surface area contributed by atoms with E-state index in [1.807, 2.05) is 6.92 Å². The van der Waals surface area contributed by atoms with Gasteiger partial charge in [0.2, 0.25) is 0 Å². The van der Waals surface area contributed by atoms with Crippen LogP contribution in [0.1, 0.15) is 33.1 Å². The summed E-state index contributed by atoms with van der Waals surface area (Å²) in [6, 6.07) is -0.265. The Bertz CT molecular complexity index is 338. The molecule has 3 N–H and O–H groups in total. The Morgan fingerprint density at radius 2 is 2.24 bits per heavy atom. The van der Waals surface area contributed by atoms with E-state index in [0.717, 1.165) is 19.6 Å². The molecule has 1 rings (SSSR count). The lowest BCUT2D eigenvalue weighted by Crippen LogP contribution is -2.49. The van der Waals surface area contributed by atoms with Gasteiger partial charge < -0.3 is 20.5 Å². The van der Waals surface area contributed by atoms with Gasteiger partial charge in [-0.3, -0.25) is 9.69 Å².